The van der Waals surface area contributed by atoms with Crippen LogP contribution >= 0.6 is 0 Å². The van der Waals surface area contributed by atoms with E-state index in [1.807, 2.05) is 0 Å². The second-order valence-electron chi connectivity index (χ2n) is 4.02. The Balaban J connectivity index is 2.72. The van der Waals surface area contributed by atoms with Crippen LogP contribution in [0.15, 0.2) is 18.5 Å². The van der Waals surface area contributed by atoms with Crippen LogP contribution < -0.4 is 0 Å². The van der Waals surface area contributed by atoms with Crippen LogP contribution in [0.2, 0.25) is 0 Å². The number of amides is 1. The molecule has 1 rings (SSSR count). The quantitative estimate of drug-likeness (QED) is 0.710. The summed E-state index contributed by atoms with van der Waals surface area (Å²) in [7, 11) is 3.21. The van der Waals surface area contributed by atoms with Gasteiger partial charge in [-0.2, -0.15) is 0 Å². The van der Waals surface area contributed by atoms with Gasteiger partial charge in [0.05, 0.1) is 18.4 Å². The number of aromatic hydroxyl groups is 1. The second-order valence-corrected chi connectivity index (χ2v) is 4.02. The number of aromatic nitrogens is 1. The minimum Gasteiger partial charge on any atom is -0.505 e. The molecule has 0 spiro atoms. The fourth-order valence-corrected chi connectivity index (χ4v) is 1.65. The minimum absolute atomic E-state index is 0.110. The zero-order chi connectivity index (χ0) is 14.1. The summed E-state index contributed by atoms with van der Waals surface area (Å²) in [6, 6.07) is 1.51. The van der Waals surface area contributed by atoms with Gasteiger partial charge in [0.25, 0.3) is 5.91 Å². The molecular weight excluding hydrogens is 248 g/mol. The Labute approximate surface area is 113 Å². The number of methoxy groups -OCH3 is 2. The number of pyridine rings is 1. The number of nitrogens with zero attached hydrogens (tertiary/aromatic N) is 2. The second kappa shape index (κ2) is 8.44. The van der Waals surface area contributed by atoms with Crippen molar-refractivity contribution >= 4 is 5.91 Å². The van der Waals surface area contributed by atoms with Crippen molar-refractivity contribution in [2.24, 2.45) is 0 Å². The lowest BCUT2D eigenvalue weighted by atomic mass is 10.2. The fraction of sp³-hybridized carbons (Fsp3) is 0.538. The number of carbonyl (C=O) groups excluding carboxylic acids is 1. The molecule has 1 aromatic rings. The van der Waals surface area contributed by atoms with Gasteiger partial charge in [-0.25, -0.2) is 0 Å². The van der Waals surface area contributed by atoms with Crippen LogP contribution in [0.3, 0.4) is 0 Å². The highest BCUT2D eigenvalue weighted by Crippen LogP contribution is 2.16. The van der Waals surface area contributed by atoms with Gasteiger partial charge in [0, 0.05) is 40.1 Å². The third-order valence-electron chi connectivity index (χ3n) is 2.66. The molecule has 1 N–H and O–H groups in total. The molecule has 6 nitrogen and oxygen atoms in total. The van der Waals surface area contributed by atoms with E-state index < -0.39 is 0 Å². The average Bonchev–Trinajstić information content (AvgIpc) is 2.42. The first-order valence-electron chi connectivity index (χ1n) is 6.10. The molecule has 0 radical (unpaired) electrons. The number of carbonyl (C=O) groups is 1. The Morgan fingerprint density at radius 3 is 2.68 bits per heavy atom. The van der Waals surface area contributed by atoms with E-state index in [4.69, 9.17) is 9.47 Å². The highest BCUT2D eigenvalue weighted by Gasteiger charge is 2.18. The summed E-state index contributed by atoms with van der Waals surface area (Å²) in [5, 5.41) is 9.66. The van der Waals surface area contributed by atoms with E-state index in [1.165, 1.54) is 18.5 Å². The van der Waals surface area contributed by atoms with Gasteiger partial charge >= 0.3 is 0 Å². The fourth-order valence-electron chi connectivity index (χ4n) is 1.65. The predicted octanol–water partition coefficient (Wildman–Crippen LogP) is 0.912. The van der Waals surface area contributed by atoms with Gasteiger partial charge in [0.2, 0.25) is 0 Å². The number of hydrogen-bond donors (Lipinski definition) is 1. The van der Waals surface area contributed by atoms with Gasteiger partial charge in [-0.15, -0.1) is 0 Å². The van der Waals surface area contributed by atoms with Gasteiger partial charge in [0.1, 0.15) is 5.75 Å². The van der Waals surface area contributed by atoms with Crippen molar-refractivity contribution < 1.29 is 19.4 Å². The summed E-state index contributed by atoms with van der Waals surface area (Å²) in [4.78, 5) is 17.7. The van der Waals surface area contributed by atoms with Crippen molar-refractivity contribution in [2.45, 2.75) is 6.42 Å². The Morgan fingerprint density at radius 1 is 1.32 bits per heavy atom. The zero-order valence-electron chi connectivity index (χ0n) is 11.3. The smallest absolute Gasteiger partial charge is 0.257 e. The largest absolute Gasteiger partial charge is 0.505 e. The topological polar surface area (TPSA) is 71.9 Å². The first kappa shape index (κ1) is 15.4. The van der Waals surface area contributed by atoms with Crippen molar-refractivity contribution in [1.82, 2.24) is 9.88 Å². The Morgan fingerprint density at radius 2 is 2.05 bits per heavy atom. The van der Waals surface area contributed by atoms with Gasteiger partial charge in [-0.1, -0.05) is 0 Å². The van der Waals surface area contributed by atoms with Gasteiger partial charge < -0.3 is 19.5 Å². The normalized spacial score (nSPS) is 10.4. The van der Waals surface area contributed by atoms with Crippen LogP contribution in [0.25, 0.3) is 0 Å². The summed E-state index contributed by atoms with van der Waals surface area (Å²) in [6.07, 6.45) is 3.48. The van der Waals surface area contributed by atoms with Crippen molar-refractivity contribution in [3.8, 4) is 5.75 Å². The van der Waals surface area contributed by atoms with Crippen LogP contribution in [0, 0.1) is 0 Å². The molecule has 19 heavy (non-hydrogen) atoms. The molecule has 0 unspecified atom stereocenters. The Hall–Kier alpha value is -1.66. The molecule has 1 heterocycles. The lowest BCUT2D eigenvalue weighted by molar-refractivity contribution is 0.0671. The van der Waals surface area contributed by atoms with E-state index in [0.29, 0.717) is 26.3 Å². The van der Waals surface area contributed by atoms with Crippen molar-refractivity contribution in [1.29, 1.82) is 0 Å². The summed E-state index contributed by atoms with van der Waals surface area (Å²) in [6.45, 7) is 2.06. The van der Waals surface area contributed by atoms with E-state index in [-0.39, 0.29) is 17.2 Å². The Kier molecular flexibility index (Phi) is 6.84. The molecule has 0 saturated heterocycles. The number of rotatable bonds is 8. The molecule has 0 fully saturated rings. The van der Waals surface area contributed by atoms with E-state index >= 15 is 0 Å². The molecule has 106 valence electrons. The third-order valence-corrected chi connectivity index (χ3v) is 2.66. The first-order valence-corrected chi connectivity index (χ1v) is 6.10. The monoisotopic (exact) mass is 268 g/mol. The third kappa shape index (κ3) is 4.84. The van der Waals surface area contributed by atoms with Gasteiger partial charge in [-0.05, 0) is 12.5 Å². The first-order chi connectivity index (χ1) is 9.20. The molecule has 0 aliphatic rings. The van der Waals surface area contributed by atoms with E-state index in [1.54, 1.807) is 19.1 Å². The lowest BCUT2D eigenvalue weighted by Gasteiger charge is -2.22. The maximum absolute atomic E-state index is 12.3. The molecular formula is C13H20N2O4. The maximum atomic E-state index is 12.3. The van der Waals surface area contributed by atoms with E-state index in [2.05, 4.69) is 4.98 Å². The van der Waals surface area contributed by atoms with Crippen molar-refractivity contribution in [3.63, 3.8) is 0 Å². The molecule has 0 aliphatic heterocycles. The molecule has 6 heteroatoms. The highest BCUT2D eigenvalue weighted by molar-refractivity contribution is 5.96. The molecule has 1 aromatic heterocycles. The van der Waals surface area contributed by atoms with E-state index in [0.717, 1.165) is 6.42 Å². The average molecular weight is 268 g/mol. The van der Waals surface area contributed by atoms with Crippen LogP contribution in [-0.2, 0) is 9.47 Å². The number of ether oxygens (including phenoxy) is 2. The molecule has 1 amide bonds. The number of hydrogen-bond acceptors (Lipinski definition) is 5. The molecule has 0 aromatic carbocycles. The van der Waals surface area contributed by atoms with Gasteiger partial charge in [0.15, 0.2) is 0 Å². The SMILES string of the molecule is COCCCN(CCOC)C(=O)c1ccncc1O. The van der Waals surface area contributed by atoms with E-state index in [9.17, 15) is 9.90 Å². The van der Waals surface area contributed by atoms with Crippen molar-refractivity contribution in [2.75, 3.05) is 40.5 Å². The summed E-state index contributed by atoms with van der Waals surface area (Å²) < 4.78 is 9.97. The molecule has 0 aliphatic carbocycles. The molecule has 0 bridgehead atoms. The summed E-state index contributed by atoms with van der Waals surface area (Å²) >= 11 is 0. The standard InChI is InChI=1S/C13H20N2O4/c1-18-8-3-6-15(7-9-19-2)13(17)11-4-5-14-10-12(11)16/h4-5,10,16H,3,6-9H2,1-2H3. The molecule has 0 saturated carbocycles. The highest BCUT2D eigenvalue weighted by atomic mass is 16.5. The lowest BCUT2D eigenvalue weighted by Crippen LogP contribution is -2.35. The van der Waals surface area contributed by atoms with Crippen LogP contribution in [0.4, 0.5) is 0 Å². The maximum Gasteiger partial charge on any atom is 0.257 e. The zero-order valence-corrected chi connectivity index (χ0v) is 11.3. The van der Waals surface area contributed by atoms with Gasteiger partial charge in [-0.3, -0.25) is 9.78 Å². The Bertz CT molecular complexity index is 398. The summed E-state index contributed by atoms with van der Waals surface area (Å²) in [5.74, 6) is -0.338. The summed E-state index contributed by atoms with van der Waals surface area (Å²) in [5.41, 5.74) is 0.253. The van der Waals surface area contributed by atoms with Crippen molar-refractivity contribution in [3.05, 3.63) is 24.0 Å². The molecule has 0 atom stereocenters. The minimum atomic E-state index is -0.229. The van der Waals surface area contributed by atoms with Crippen LogP contribution in [0.5, 0.6) is 5.75 Å². The van der Waals surface area contributed by atoms with Crippen LogP contribution in [0.1, 0.15) is 16.8 Å². The van der Waals surface area contributed by atoms with Crippen LogP contribution in [-0.4, -0.2) is 61.4 Å². The predicted molar refractivity (Wildman–Crippen MR) is 70.2 cm³/mol.